The lowest BCUT2D eigenvalue weighted by atomic mass is 10.1. The van der Waals surface area contributed by atoms with Crippen LogP contribution in [0.2, 0.25) is 0 Å². The summed E-state index contributed by atoms with van der Waals surface area (Å²) in [4.78, 5) is 14.1. The number of carbonyl (C=O) groups excluding carboxylic acids is 1. The van der Waals surface area contributed by atoms with Gasteiger partial charge in [0.1, 0.15) is 5.75 Å². The minimum absolute atomic E-state index is 0.0139. The SMILES string of the molecule is COc1ccccc1-c1ccc(C(=O)/C=C/c2ccccc2)s1. The van der Waals surface area contributed by atoms with E-state index in [0.717, 1.165) is 26.6 Å². The first-order valence-electron chi connectivity index (χ1n) is 7.28. The Morgan fingerprint density at radius 2 is 1.70 bits per heavy atom. The van der Waals surface area contributed by atoms with Crippen molar-refractivity contribution >= 4 is 23.2 Å². The van der Waals surface area contributed by atoms with Crippen LogP contribution in [0.4, 0.5) is 0 Å². The lowest BCUT2D eigenvalue weighted by molar-refractivity contribution is 0.105. The molecule has 23 heavy (non-hydrogen) atoms. The van der Waals surface area contributed by atoms with Gasteiger partial charge in [0.15, 0.2) is 5.78 Å². The number of ketones is 1. The Labute approximate surface area is 139 Å². The van der Waals surface area contributed by atoms with Crippen LogP contribution in [0.15, 0.2) is 72.8 Å². The van der Waals surface area contributed by atoms with E-state index < -0.39 is 0 Å². The lowest BCUT2D eigenvalue weighted by Crippen LogP contribution is -1.88. The summed E-state index contributed by atoms with van der Waals surface area (Å²) in [5.41, 5.74) is 2.02. The number of hydrogen-bond donors (Lipinski definition) is 0. The number of benzene rings is 2. The molecule has 0 unspecified atom stereocenters. The first-order chi connectivity index (χ1) is 11.3. The van der Waals surface area contributed by atoms with Crippen LogP contribution in [0, 0.1) is 0 Å². The van der Waals surface area contributed by atoms with E-state index in [1.807, 2.05) is 72.8 Å². The number of rotatable bonds is 5. The van der Waals surface area contributed by atoms with Crippen molar-refractivity contribution in [3.8, 4) is 16.2 Å². The normalized spacial score (nSPS) is 10.8. The van der Waals surface area contributed by atoms with Crippen molar-refractivity contribution in [2.45, 2.75) is 0 Å². The highest BCUT2D eigenvalue weighted by Gasteiger charge is 2.11. The fraction of sp³-hybridized carbons (Fsp3) is 0.0500. The Kier molecular flexibility index (Phi) is 4.69. The first-order valence-corrected chi connectivity index (χ1v) is 8.10. The largest absolute Gasteiger partial charge is 0.496 e. The minimum atomic E-state index is 0.0139. The molecule has 1 heterocycles. The summed E-state index contributed by atoms with van der Waals surface area (Å²) in [5.74, 6) is 0.827. The molecule has 0 radical (unpaired) electrons. The number of methoxy groups -OCH3 is 1. The molecule has 0 saturated heterocycles. The van der Waals surface area contributed by atoms with E-state index >= 15 is 0 Å². The van der Waals surface area contributed by atoms with Crippen LogP contribution in [0.25, 0.3) is 16.5 Å². The first kappa shape index (κ1) is 15.3. The molecule has 0 fully saturated rings. The van der Waals surface area contributed by atoms with E-state index in [2.05, 4.69) is 0 Å². The molecule has 0 saturated carbocycles. The summed E-state index contributed by atoms with van der Waals surface area (Å²) in [6.07, 6.45) is 3.46. The van der Waals surface area contributed by atoms with Gasteiger partial charge in [-0.1, -0.05) is 48.5 Å². The van der Waals surface area contributed by atoms with Crippen molar-refractivity contribution < 1.29 is 9.53 Å². The summed E-state index contributed by atoms with van der Waals surface area (Å²) in [7, 11) is 1.65. The van der Waals surface area contributed by atoms with Crippen LogP contribution in [0.5, 0.6) is 5.75 Å². The third kappa shape index (κ3) is 3.58. The van der Waals surface area contributed by atoms with Gasteiger partial charge in [-0.25, -0.2) is 0 Å². The molecule has 0 spiro atoms. The van der Waals surface area contributed by atoms with Crippen LogP contribution >= 0.6 is 11.3 Å². The van der Waals surface area contributed by atoms with Gasteiger partial charge in [-0.2, -0.15) is 0 Å². The zero-order chi connectivity index (χ0) is 16.1. The van der Waals surface area contributed by atoms with E-state index in [-0.39, 0.29) is 5.78 Å². The number of ether oxygens (including phenoxy) is 1. The predicted octanol–water partition coefficient (Wildman–Crippen LogP) is 5.32. The molecule has 2 aromatic carbocycles. The predicted molar refractivity (Wildman–Crippen MR) is 96.1 cm³/mol. The highest BCUT2D eigenvalue weighted by atomic mass is 32.1. The molecule has 0 bridgehead atoms. The Balaban J connectivity index is 1.82. The maximum Gasteiger partial charge on any atom is 0.195 e. The van der Waals surface area contributed by atoms with E-state index in [4.69, 9.17) is 4.74 Å². The van der Waals surface area contributed by atoms with Gasteiger partial charge in [-0.05, 0) is 35.9 Å². The Morgan fingerprint density at radius 1 is 0.957 bits per heavy atom. The van der Waals surface area contributed by atoms with Crippen LogP contribution in [-0.2, 0) is 0 Å². The smallest absolute Gasteiger partial charge is 0.195 e. The maximum absolute atomic E-state index is 12.3. The second-order valence-electron chi connectivity index (χ2n) is 4.97. The number of hydrogen-bond acceptors (Lipinski definition) is 3. The quantitative estimate of drug-likeness (QED) is 0.470. The van der Waals surface area contributed by atoms with Gasteiger partial charge in [-0.3, -0.25) is 4.79 Å². The molecule has 114 valence electrons. The van der Waals surface area contributed by atoms with Crippen LogP contribution < -0.4 is 4.74 Å². The standard InChI is InChI=1S/C20H16O2S/c1-22-18-10-6-5-9-16(18)19-13-14-20(23-19)17(21)12-11-15-7-3-2-4-8-15/h2-14H,1H3/b12-11+. The van der Waals surface area contributed by atoms with Gasteiger partial charge >= 0.3 is 0 Å². The molecule has 0 amide bonds. The van der Waals surface area contributed by atoms with Crippen molar-refractivity contribution in [1.29, 1.82) is 0 Å². The number of allylic oxidation sites excluding steroid dienone is 1. The average molecular weight is 320 g/mol. The fourth-order valence-corrected chi connectivity index (χ4v) is 3.24. The average Bonchev–Trinajstić information content (AvgIpc) is 3.10. The van der Waals surface area contributed by atoms with Gasteiger partial charge in [0, 0.05) is 10.4 Å². The van der Waals surface area contributed by atoms with Crippen molar-refractivity contribution in [3.05, 3.63) is 83.2 Å². The molecule has 1 aromatic heterocycles. The topological polar surface area (TPSA) is 26.3 Å². The third-order valence-electron chi connectivity index (χ3n) is 3.45. The Hall–Kier alpha value is -2.65. The molecule has 0 aliphatic carbocycles. The zero-order valence-corrected chi connectivity index (χ0v) is 13.5. The zero-order valence-electron chi connectivity index (χ0n) is 12.7. The number of para-hydroxylation sites is 1. The molecule has 3 aromatic rings. The van der Waals surface area contributed by atoms with Crippen molar-refractivity contribution in [2.24, 2.45) is 0 Å². The van der Waals surface area contributed by atoms with Gasteiger partial charge in [0.2, 0.25) is 0 Å². The van der Waals surface area contributed by atoms with Crippen molar-refractivity contribution in [1.82, 2.24) is 0 Å². The van der Waals surface area contributed by atoms with E-state index in [1.165, 1.54) is 11.3 Å². The highest BCUT2D eigenvalue weighted by molar-refractivity contribution is 7.17. The molecule has 0 N–H and O–H groups in total. The summed E-state index contributed by atoms with van der Waals surface area (Å²) in [6.45, 7) is 0. The summed E-state index contributed by atoms with van der Waals surface area (Å²) in [5, 5.41) is 0. The van der Waals surface area contributed by atoms with E-state index in [1.54, 1.807) is 13.2 Å². The molecule has 2 nitrogen and oxygen atoms in total. The molecular formula is C20H16O2S. The highest BCUT2D eigenvalue weighted by Crippen LogP contribution is 2.34. The molecule has 3 heteroatoms. The van der Waals surface area contributed by atoms with Gasteiger partial charge in [0.25, 0.3) is 0 Å². The van der Waals surface area contributed by atoms with Gasteiger partial charge in [-0.15, -0.1) is 11.3 Å². The van der Waals surface area contributed by atoms with Gasteiger partial charge < -0.3 is 4.74 Å². The van der Waals surface area contributed by atoms with Crippen molar-refractivity contribution in [2.75, 3.05) is 7.11 Å². The van der Waals surface area contributed by atoms with Crippen LogP contribution in [0.3, 0.4) is 0 Å². The van der Waals surface area contributed by atoms with E-state index in [0.29, 0.717) is 0 Å². The van der Waals surface area contributed by atoms with Crippen LogP contribution in [0.1, 0.15) is 15.2 Å². The van der Waals surface area contributed by atoms with Crippen molar-refractivity contribution in [3.63, 3.8) is 0 Å². The Bertz CT molecular complexity index is 832. The molecular weight excluding hydrogens is 304 g/mol. The monoisotopic (exact) mass is 320 g/mol. The summed E-state index contributed by atoms with van der Waals surface area (Å²) < 4.78 is 5.38. The molecule has 3 rings (SSSR count). The Morgan fingerprint density at radius 3 is 2.48 bits per heavy atom. The van der Waals surface area contributed by atoms with E-state index in [9.17, 15) is 4.79 Å². The lowest BCUT2D eigenvalue weighted by Gasteiger charge is -2.05. The maximum atomic E-state index is 12.3. The van der Waals surface area contributed by atoms with Gasteiger partial charge in [0.05, 0.1) is 12.0 Å². The number of carbonyl (C=O) groups is 1. The molecule has 0 aliphatic rings. The molecule has 0 aliphatic heterocycles. The third-order valence-corrected chi connectivity index (χ3v) is 4.58. The van der Waals surface area contributed by atoms with Crippen LogP contribution in [-0.4, -0.2) is 12.9 Å². The summed E-state index contributed by atoms with van der Waals surface area (Å²) >= 11 is 1.48. The fourth-order valence-electron chi connectivity index (χ4n) is 2.28. The summed E-state index contributed by atoms with van der Waals surface area (Å²) in [6, 6.07) is 21.5. The number of thiophene rings is 1. The second kappa shape index (κ2) is 7.07. The minimum Gasteiger partial charge on any atom is -0.496 e. The second-order valence-corrected chi connectivity index (χ2v) is 6.06. The molecule has 0 atom stereocenters.